The zero-order valence-electron chi connectivity index (χ0n) is 17.1. The highest BCUT2D eigenvalue weighted by molar-refractivity contribution is 5.78. The Morgan fingerprint density at radius 1 is 1.00 bits per heavy atom. The molecule has 1 aliphatic carbocycles. The second-order valence-corrected chi connectivity index (χ2v) is 8.86. The Kier molecular flexibility index (Phi) is 5.24. The summed E-state index contributed by atoms with van der Waals surface area (Å²) in [5.74, 6) is 0.225. The van der Waals surface area contributed by atoms with E-state index in [-0.39, 0.29) is 11.4 Å². The van der Waals surface area contributed by atoms with Crippen molar-refractivity contribution in [3.63, 3.8) is 0 Å². The van der Waals surface area contributed by atoms with Crippen LogP contribution in [0.2, 0.25) is 0 Å². The first kappa shape index (κ1) is 19.1. The van der Waals surface area contributed by atoms with Crippen molar-refractivity contribution >= 4 is 5.91 Å². The summed E-state index contributed by atoms with van der Waals surface area (Å²) >= 11 is 0. The van der Waals surface area contributed by atoms with Gasteiger partial charge in [-0.05, 0) is 69.3 Å². The Bertz CT molecular complexity index is 795. The minimum atomic E-state index is 0.123. The maximum absolute atomic E-state index is 12.8. The van der Waals surface area contributed by atoms with Crippen molar-refractivity contribution in [3.05, 3.63) is 66.0 Å². The highest BCUT2D eigenvalue weighted by atomic mass is 16.2. The fourth-order valence-electron chi connectivity index (χ4n) is 5.26. The molecule has 0 bridgehead atoms. The van der Waals surface area contributed by atoms with Crippen molar-refractivity contribution in [3.8, 4) is 0 Å². The first-order valence-electron chi connectivity index (χ1n) is 10.4. The summed E-state index contributed by atoms with van der Waals surface area (Å²) in [5.41, 5.74) is 2.72. The summed E-state index contributed by atoms with van der Waals surface area (Å²) in [6.07, 6.45) is 8.01. The molecule has 2 aromatic rings. The van der Waals surface area contributed by atoms with Gasteiger partial charge in [0.2, 0.25) is 5.91 Å². The van der Waals surface area contributed by atoms with Gasteiger partial charge in [-0.25, -0.2) is 0 Å². The van der Waals surface area contributed by atoms with Gasteiger partial charge in [-0.1, -0.05) is 36.4 Å². The molecular formula is C24H31N3O. The predicted octanol–water partition coefficient (Wildman–Crippen LogP) is 3.87. The van der Waals surface area contributed by atoms with Gasteiger partial charge in [0.05, 0.1) is 6.42 Å². The van der Waals surface area contributed by atoms with E-state index in [4.69, 9.17) is 0 Å². The average molecular weight is 378 g/mol. The number of amides is 1. The SMILES string of the molecule is CN(C)C1(c2ccccc2)CCC2(CCN(C(=O)Cc3ccccn3)C2)CC1. The normalized spacial score (nSPS) is 27.5. The number of likely N-dealkylation sites (tertiary alicyclic amines) is 1. The monoisotopic (exact) mass is 377 g/mol. The topological polar surface area (TPSA) is 36.4 Å². The molecule has 0 N–H and O–H groups in total. The van der Waals surface area contributed by atoms with Crippen molar-refractivity contribution in [2.45, 2.75) is 44.1 Å². The minimum Gasteiger partial charge on any atom is -0.342 e. The van der Waals surface area contributed by atoms with Gasteiger partial charge in [0.15, 0.2) is 0 Å². The molecule has 1 spiro atoms. The molecule has 2 fully saturated rings. The smallest absolute Gasteiger partial charge is 0.228 e. The van der Waals surface area contributed by atoms with E-state index in [1.807, 2.05) is 18.2 Å². The van der Waals surface area contributed by atoms with E-state index in [0.29, 0.717) is 11.8 Å². The van der Waals surface area contributed by atoms with Gasteiger partial charge in [0.25, 0.3) is 0 Å². The van der Waals surface area contributed by atoms with Crippen molar-refractivity contribution < 1.29 is 4.79 Å². The predicted molar refractivity (Wildman–Crippen MR) is 112 cm³/mol. The van der Waals surface area contributed by atoms with Crippen LogP contribution in [0.1, 0.15) is 43.4 Å². The molecule has 1 amide bonds. The molecule has 0 unspecified atom stereocenters. The summed E-state index contributed by atoms with van der Waals surface area (Å²) in [7, 11) is 4.42. The first-order valence-corrected chi connectivity index (χ1v) is 10.4. The van der Waals surface area contributed by atoms with E-state index in [9.17, 15) is 4.79 Å². The Hall–Kier alpha value is -2.20. The number of rotatable bonds is 4. The zero-order valence-corrected chi connectivity index (χ0v) is 17.1. The van der Waals surface area contributed by atoms with Crippen LogP contribution in [0.4, 0.5) is 0 Å². The number of pyridine rings is 1. The maximum atomic E-state index is 12.8. The van der Waals surface area contributed by atoms with Gasteiger partial charge in [-0.15, -0.1) is 0 Å². The molecule has 2 aliphatic rings. The molecule has 2 heterocycles. The number of aromatic nitrogens is 1. The third-order valence-electron chi connectivity index (χ3n) is 7.15. The molecule has 1 aromatic carbocycles. The number of benzene rings is 1. The number of hydrogen-bond acceptors (Lipinski definition) is 3. The van der Waals surface area contributed by atoms with Crippen LogP contribution in [0.3, 0.4) is 0 Å². The van der Waals surface area contributed by atoms with Crippen LogP contribution < -0.4 is 0 Å². The third-order valence-corrected chi connectivity index (χ3v) is 7.15. The molecule has 1 saturated carbocycles. The largest absolute Gasteiger partial charge is 0.342 e. The summed E-state index contributed by atoms with van der Waals surface area (Å²) in [5, 5.41) is 0. The Morgan fingerprint density at radius 3 is 2.36 bits per heavy atom. The lowest BCUT2D eigenvalue weighted by Gasteiger charge is -2.49. The standard InChI is InChI=1S/C24H31N3O/c1-26(2)24(20-8-4-3-5-9-20)13-11-23(12-14-24)15-17-27(19-23)22(28)18-21-10-6-7-16-25-21/h3-10,16H,11-15,17-19H2,1-2H3. The molecule has 1 aliphatic heterocycles. The van der Waals surface area contributed by atoms with E-state index >= 15 is 0 Å². The number of carbonyl (C=O) groups excluding carboxylic acids is 1. The van der Waals surface area contributed by atoms with E-state index < -0.39 is 0 Å². The number of carbonyl (C=O) groups is 1. The lowest BCUT2D eigenvalue weighted by Crippen LogP contribution is -2.47. The zero-order chi connectivity index (χ0) is 19.6. The highest BCUT2D eigenvalue weighted by Gasteiger charge is 2.48. The fourth-order valence-corrected chi connectivity index (χ4v) is 5.26. The lowest BCUT2D eigenvalue weighted by molar-refractivity contribution is -0.130. The van der Waals surface area contributed by atoms with E-state index in [1.165, 1.54) is 18.4 Å². The highest BCUT2D eigenvalue weighted by Crippen LogP contribution is 2.51. The van der Waals surface area contributed by atoms with Crippen molar-refractivity contribution in [2.75, 3.05) is 27.2 Å². The second-order valence-electron chi connectivity index (χ2n) is 8.86. The van der Waals surface area contributed by atoms with Crippen LogP contribution in [0.25, 0.3) is 0 Å². The molecular weight excluding hydrogens is 346 g/mol. The van der Waals surface area contributed by atoms with Crippen molar-refractivity contribution in [2.24, 2.45) is 5.41 Å². The number of hydrogen-bond donors (Lipinski definition) is 0. The molecule has 4 heteroatoms. The van der Waals surface area contributed by atoms with Crippen LogP contribution in [0.15, 0.2) is 54.7 Å². The first-order chi connectivity index (χ1) is 13.5. The van der Waals surface area contributed by atoms with Crippen LogP contribution in [-0.2, 0) is 16.8 Å². The summed E-state index contributed by atoms with van der Waals surface area (Å²) in [6, 6.07) is 16.7. The molecule has 148 valence electrons. The molecule has 1 aromatic heterocycles. The Labute approximate surface area is 168 Å². The molecule has 4 nitrogen and oxygen atoms in total. The van der Waals surface area contributed by atoms with Crippen molar-refractivity contribution in [1.29, 1.82) is 0 Å². The van der Waals surface area contributed by atoms with Gasteiger partial charge < -0.3 is 4.90 Å². The van der Waals surface area contributed by atoms with Gasteiger partial charge in [0.1, 0.15) is 0 Å². The summed E-state index contributed by atoms with van der Waals surface area (Å²) < 4.78 is 0. The molecule has 1 saturated heterocycles. The van der Waals surface area contributed by atoms with Crippen LogP contribution in [-0.4, -0.2) is 47.9 Å². The maximum Gasteiger partial charge on any atom is 0.228 e. The van der Waals surface area contributed by atoms with E-state index in [1.54, 1.807) is 6.20 Å². The quantitative estimate of drug-likeness (QED) is 0.811. The summed E-state index contributed by atoms with van der Waals surface area (Å²) in [4.78, 5) is 21.6. The molecule has 0 atom stereocenters. The minimum absolute atomic E-state index is 0.123. The van der Waals surface area contributed by atoms with Gasteiger partial charge in [-0.3, -0.25) is 14.7 Å². The molecule has 28 heavy (non-hydrogen) atoms. The van der Waals surface area contributed by atoms with E-state index in [2.05, 4.69) is 59.2 Å². The van der Waals surface area contributed by atoms with E-state index in [0.717, 1.165) is 38.0 Å². The number of nitrogens with zero attached hydrogens (tertiary/aromatic N) is 3. The molecule has 4 rings (SSSR count). The Morgan fingerprint density at radius 2 is 1.71 bits per heavy atom. The van der Waals surface area contributed by atoms with Gasteiger partial charge >= 0.3 is 0 Å². The Balaban J connectivity index is 1.42. The van der Waals surface area contributed by atoms with Crippen molar-refractivity contribution in [1.82, 2.24) is 14.8 Å². The summed E-state index contributed by atoms with van der Waals surface area (Å²) in [6.45, 7) is 1.81. The fraction of sp³-hybridized carbons (Fsp3) is 0.500. The van der Waals surface area contributed by atoms with Crippen LogP contribution in [0.5, 0.6) is 0 Å². The average Bonchev–Trinajstić information content (AvgIpc) is 3.14. The molecule has 0 radical (unpaired) electrons. The van der Waals surface area contributed by atoms with Crippen LogP contribution in [0, 0.1) is 5.41 Å². The third kappa shape index (κ3) is 3.58. The van der Waals surface area contributed by atoms with Crippen LogP contribution >= 0.6 is 0 Å². The second kappa shape index (κ2) is 7.67. The lowest BCUT2D eigenvalue weighted by atomic mass is 9.64. The van der Waals surface area contributed by atoms with Gasteiger partial charge in [-0.2, -0.15) is 0 Å². The van der Waals surface area contributed by atoms with Gasteiger partial charge in [0, 0.05) is 30.5 Å².